The van der Waals surface area contributed by atoms with Gasteiger partial charge in [-0.15, -0.1) is 5.10 Å². The third-order valence-electron chi connectivity index (χ3n) is 4.64. The molecule has 0 fully saturated rings. The van der Waals surface area contributed by atoms with Gasteiger partial charge in [0.05, 0.1) is 23.1 Å². The van der Waals surface area contributed by atoms with Gasteiger partial charge >= 0.3 is 0 Å². The van der Waals surface area contributed by atoms with Crippen molar-refractivity contribution in [2.24, 2.45) is 0 Å². The number of hydrogen-bond acceptors (Lipinski definition) is 5. The molecule has 0 aliphatic rings. The molecule has 3 heterocycles. The number of fused-ring (bicyclic) bond motifs is 1. The first kappa shape index (κ1) is 18.5. The first-order chi connectivity index (χ1) is 13.9. The second kappa shape index (κ2) is 7.31. The number of benzene rings is 1. The number of carbonyl (C=O) groups excluding carboxylic acids is 1. The number of pyridine rings is 1. The minimum absolute atomic E-state index is 0.359. The van der Waals surface area contributed by atoms with Crippen LogP contribution in [0.15, 0.2) is 59.5 Å². The molecule has 0 saturated heterocycles. The van der Waals surface area contributed by atoms with E-state index in [1.165, 1.54) is 6.07 Å². The molecule has 1 amide bonds. The number of aryl methyl sites for hydroxylation is 2. The van der Waals surface area contributed by atoms with E-state index in [-0.39, 0.29) is 11.5 Å². The van der Waals surface area contributed by atoms with Gasteiger partial charge in [0.25, 0.3) is 5.56 Å². The molecule has 0 aliphatic heterocycles. The quantitative estimate of drug-likeness (QED) is 0.580. The average Bonchev–Trinajstić information content (AvgIpc) is 3.05. The largest absolute Gasteiger partial charge is 0.323 e. The number of aromatic nitrogens is 5. The zero-order valence-electron chi connectivity index (χ0n) is 16.3. The molecule has 1 aromatic carbocycles. The Kier molecular flexibility index (Phi) is 4.67. The standard InChI is InChI=1S/C21H20N6O2/c1-13-10-14(2)26(24-13)19-8-9-20(28)27(25-19)15(3)21(29)23-17-11-16-6-4-5-7-18(16)22-12-17/h4-12,15H,1-3H3,(H,23,29). The molecule has 1 N–H and O–H groups in total. The zero-order chi connectivity index (χ0) is 20.5. The molecule has 4 aromatic rings. The highest BCUT2D eigenvalue weighted by atomic mass is 16.2. The summed E-state index contributed by atoms with van der Waals surface area (Å²) in [6.45, 7) is 5.41. The highest BCUT2D eigenvalue weighted by Crippen LogP contribution is 2.17. The van der Waals surface area contributed by atoms with Crippen molar-refractivity contribution in [3.8, 4) is 5.82 Å². The normalized spacial score (nSPS) is 12.1. The third kappa shape index (κ3) is 3.64. The highest BCUT2D eigenvalue weighted by molar-refractivity contribution is 5.95. The molecule has 1 unspecified atom stereocenters. The summed E-state index contributed by atoms with van der Waals surface area (Å²) in [5.74, 6) is 0.115. The lowest BCUT2D eigenvalue weighted by Crippen LogP contribution is -2.33. The van der Waals surface area contributed by atoms with Crippen LogP contribution in [0.25, 0.3) is 16.7 Å². The second-order valence-corrected chi connectivity index (χ2v) is 6.90. The van der Waals surface area contributed by atoms with Crippen LogP contribution in [0.2, 0.25) is 0 Å². The van der Waals surface area contributed by atoms with Crippen molar-refractivity contribution in [3.05, 3.63) is 76.5 Å². The van der Waals surface area contributed by atoms with Gasteiger partial charge in [-0.2, -0.15) is 5.10 Å². The minimum atomic E-state index is -0.814. The Morgan fingerprint density at radius 3 is 2.62 bits per heavy atom. The number of para-hydroxylation sites is 1. The van der Waals surface area contributed by atoms with Gasteiger partial charge in [-0.3, -0.25) is 14.6 Å². The Labute approximate surface area is 166 Å². The smallest absolute Gasteiger partial charge is 0.267 e. The summed E-state index contributed by atoms with van der Waals surface area (Å²) in [4.78, 5) is 29.4. The monoisotopic (exact) mass is 388 g/mol. The van der Waals surface area contributed by atoms with E-state index in [0.29, 0.717) is 11.5 Å². The molecule has 1 atom stereocenters. The average molecular weight is 388 g/mol. The second-order valence-electron chi connectivity index (χ2n) is 6.90. The molecule has 29 heavy (non-hydrogen) atoms. The fourth-order valence-corrected chi connectivity index (χ4v) is 3.16. The maximum atomic E-state index is 12.8. The van der Waals surface area contributed by atoms with Crippen LogP contribution in [0.1, 0.15) is 24.4 Å². The summed E-state index contributed by atoms with van der Waals surface area (Å²) in [5.41, 5.74) is 2.77. The summed E-state index contributed by atoms with van der Waals surface area (Å²) in [7, 11) is 0. The van der Waals surface area contributed by atoms with Crippen molar-refractivity contribution in [1.29, 1.82) is 0 Å². The van der Waals surface area contributed by atoms with E-state index in [9.17, 15) is 9.59 Å². The molecule has 0 spiro atoms. The Hall–Kier alpha value is -3.81. The molecule has 8 heteroatoms. The van der Waals surface area contributed by atoms with Gasteiger partial charge < -0.3 is 5.32 Å². The van der Waals surface area contributed by atoms with Crippen molar-refractivity contribution in [3.63, 3.8) is 0 Å². The number of nitrogens with one attached hydrogen (secondary N) is 1. The van der Waals surface area contributed by atoms with E-state index in [1.807, 2.05) is 50.2 Å². The van der Waals surface area contributed by atoms with Gasteiger partial charge in [0, 0.05) is 17.1 Å². The molecule has 0 saturated carbocycles. The van der Waals surface area contributed by atoms with Crippen LogP contribution < -0.4 is 10.9 Å². The fourth-order valence-electron chi connectivity index (χ4n) is 3.16. The van der Waals surface area contributed by atoms with Crippen LogP contribution >= 0.6 is 0 Å². The Morgan fingerprint density at radius 2 is 1.86 bits per heavy atom. The van der Waals surface area contributed by atoms with Gasteiger partial charge in [-0.25, -0.2) is 9.36 Å². The first-order valence-electron chi connectivity index (χ1n) is 9.21. The SMILES string of the molecule is Cc1cc(C)n(-c2ccc(=O)n(C(C)C(=O)Nc3cnc4ccccc4c3)n2)n1. The number of hydrogen-bond donors (Lipinski definition) is 1. The van der Waals surface area contributed by atoms with E-state index in [1.54, 1.807) is 23.9 Å². The Morgan fingerprint density at radius 1 is 1.07 bits per heavy atom. The summed E-state index contributed by atoms with van der Waals surface area (Å²) in [5, 5.41) is 12.5. The molecule has 0 aliphatic carbocycles. The molecular formula is C21H20N6O2. The van der Waals surface area contributed by atoms with Crippen LogP contribution in [0.5, 0.6) is 0 Å². The van der Waals surface area contributed by atoms with Crippen LogP contribution in [0, 0.1) is 13.8 Å². The molecule has 8 nitrogen and oxygen atoms in total. The van der Waals surface area contributed by atoms with Crippen LogP contribution in [0.4, 0.5) is 5.69 Å². The van der Waals surface area contributed by atoms with E-state index in [4.69, 9.17) is 0 Å². The molecule has 0 bridgehead atoms. The van der Waals surface area contributed by atoms with E-state index in [2.05, 4.69) is 20.5 Å². The highest BCUT2D eigenvalue weighted by Gasteiger charge is 2.19. The van der Waals surface area contributed by atoms with Crippen molar-refractivity contribution >= 4 is 22.5 Å². The summed E-state index contributed by atoms with van der Waals surface area (Å²) in [6, 6.07) is 13.6. The van der Waals surface area contributed by atoms with Gasteiger partial charge in [0.15, 0.2) is 5.82 Å². The molecular weight excluding hydrogens is 368 g/mol. The maximum Gasteiger partial charge on any atom is 0.267 e. The number of carbonyl (C=O) groups is 1. The van der Waals surface area contributed by atoms with Crippen molar-refractivity contribution < 1.29 is 4.79 Å². The first-order valence-corrected chi connectivity index (χ1v) is 9.21. The zero-order valence-corrected chi connectivity index (χ0v) is 16.3. The molecule has 3 aromatic heterocycles. The van der Waals surface area contributed by atoms with E-state index < -0.39 is 6.04 Å². The lowest BCUT2D eigenvalue weighted by atomic mass is 10.2. The number of nitrogens with zero attached hydrogens (tertiary/aromatic N) is 5. The third-order valence-corrected chi connectivity index (χ3v) is 4.64. The summed E-state index contributed by atoms with van der Waals surface area (Å²) >= 11 is 0. The topological polar surface area (TPSA) is 94.7 Å². The van der Waals surface area contributed by atoms with Crippen LogP contribution in [-0.4, -0.2) is 30.5 Å². The lowest BCUT2D eigenvalue weighted by molar-refractivity contribution is -0.119. The number of amides is 1. The minimum Gasteiger partial charge on any atom is -0.323 e. The van der Waals surface area contributed by atoms with Crippen LogP contribution in [-0.2, 0) is 4.79 Å². The molecule has 0 radical (unpaired) electrons. The van der Waals surface area contributed by atoms with E-state index >= 15 is 0 Å². The van der Waals surface area contributed by atoms with E-state index in [0.717, 1.165) is 27.0 Å². The van der Waals surface area contributed by atoms with Gasteiger partial charge in [-0.1, -0.05) is 18.2 Å². The molecule has 146 valence electrons. The Balaban J connectivity index is 1.61. The molecule has 4 rings (SSSR count). The predicted octanol–water partition coefficient (Wildman–Crippen LogP) is 2.79. The lowest BCUT2D eigenvalue weighted by Gasteiger charge is -2.15. The van der Waals surface area contributed by atoms with Gasteiger partial charge in [-0.05, 0) is 45.0 Å². The maximum absolute atomic E-state index is 12.8. The predicted molar refractivity (Wildman–Crippen MR) is 110 cm³/mol. The van der Waals surface area contributed by atoms with Crippen LogP contribution in [0.3, 0.4) is 0 Å². The van der Waals surface area contributed by atoms with Crippen molar-refractivity contribution in [2.75, 3.05) is 5.32 Å². The number of anilines is 1. The summed E-state index contributed by atoms with van der Waals surface area (Å²) < 4.78 is 2.80. The van der Waals surface area contributed by atoms with Crippen molar-refractivity contribution in [1.82, 2.24) is 24.5 Å². The van der Waals surface area contributed by atoms with Crippen molar-refractivity contribution in [2.45, 2.75) is 26.8 Å². The van der Waals surface area contributed by atoms with Gasteiger partial charge in [0.1, 0.15) is 6.04 Å². The number of rotatable bonds is 4. The van der Waals surface area contributed by atoms with Gasteiger partial charge in [0.2, 0.25) is 5.91 Å². The fraction of sp³-hybridized carbons (Fsp3) is 0.190. The summed E-state index contributed by atoms with van der Waals surface area (Å²) in [6.07, 6.45) is 1.59. The Bertz CT molecular complexity index is 1270.